The summed E-state index contributed by atoms with van der Waals surface area (Å²) in [6.45, 7) is 16.5. The van der Waals surface area contributed by atoms with Gasteiger partial charge < -0.3 is 15.3 Å². The number of phenolic OH excluding ortho intramolecular Hbond substituents is 1. The number of carbonyl (C=O) groups excluding carboxylic acids is 2. The molecule has 0 spiro atoms. The largest absolute Gasteiger partial charge is 0.507 e. The SMILES string of the molecule is CCC[C@H]1CN(CC(=O)c2cc(C(C)(C)C)c(O)c(C(C)(C)C)c2)C(=N)[C@@H]1c1ccccc1NC(C)=O. The fourth-order valence-corrected chi connectivity index (χ4v) is 5.36. The number of anilines is 1. The summed E-state index contributed by atoms with van der Waals surface area (Å²) < 4.78 is 0. The number of carbonyl (C=O) groups is 2. The maximum atomic E-state index is 13.7. The van der Waals surface area contributed by atoms with Crippen LogP contribution in [0.15, 0.2) is 36.4 Å². The molecule has 6 heteroatoms. The second-order valence-corrected chi connectivity index (χ2v) is 12.4. The number of nitrogens with zero attached hydrogens (tertiary/aromatic N) is 1. The quantitative estimate of drug-likeness (QED) is 0.369. The lowest BCUT2D eigenvalue weighted by molar-refractivity contribution is -0.114. The highest BCUT2D eigenvalue weighted by molar-refractivity contribution is 6.02. The second kappa shape index (κ2) is 10.7. The Morgan fingerprint density at radius 1 is 1.05 bits per heavy atom. The molecule has 0 radical (unpaired) electrons. The molecule has 2 aromatic rings. The van der Waals surface area contributed by atoms with Crippen LogP contribution in [-0.2, 0) is 15.6 Å². The van der Waals surface area contributed by atoms with Crippen molar-refractivity contribution in [2.24, 2.45) is 5.92 Å². The normalized spacial score (nSPS) is 18.3. The summed E-state index contributed by atoms with van der Waals surface area (Å²) in [7, 11) is 0. The van der Waals surface area contributed by atoms with Crippen LogP contribution < -0.4 is 5.32 Å². The fraction of sp³-hybridized carbons (Fsp3) is 0.516. The van der Waals surface area contributed by atoms with Crippen LogP contribution in [0.3, 0.4) is 0 Å². The van der Waals surface area contributed by atoms with E-state index in [1.165, 1.54) is 6.92 Å². The number of likely N-dealkylation sites (tertiary alicyclic amines) is 1. The molecule has 1 amide bonds. The fourth-order valence-electron chi connectivity index (χ4n) is 5.36. The van der Waals surface area contributed by atoms with E-state index in [4.69, 9.17) is 5.41 Å². The summed E-state index contributed by atoms with van der Waals surface area (Å²) in [5.74, 6) is 0.444. The van der Waals surface area contributed by atoms with E-state index in [1.807, 2.05) is 82.8 Å². The third-order valence-corrected chi connectivity index (χ3v) is 7.21. The van der Waals surface area contributed by atoms with Crippen molar-refractivity contribution in [1.29, 1.82) is 5.41 Å². The molecule has 0 saturated carbocycles. The summed E-state index contributed by atoms with van der Waals surface area (Å²) in [4.78, 5) is 27.4. The molecule has 200 valence electrons. The maximum Gasteiger partial charge on any atom is 0.221 e. The lowest BCUT2D eigenvalue weighted by Crippen LogP contribution is -2.32. The molecule has 2 atom stereocenters. The van der Waals surface area contributed by atoms with E-state index in [0.717, 1.165) is 35.2 Å². The van der Waals surface area contributed by atoms with Gasteiger partial charge in [-0.15, -0.1) is 0 Å². The minimum atomic E-state index is -0.328. The van der Waals surface area contributed by atoms with E-state index in [0.29, 0.717) is 17.9 Å². The Balaban J connectivity index is 1.97. The topological polar surface area (TPSA) is 93.5 Å². The molecule has 3 rings (SSSR count). The minimum Gasteiger partial charge on any atom is -0.507 e. The molecule has 1 saturated heterocycles. The number of hydrogen-bond acceptors (Lipinski definition) is 4. The van der Waals surface area contributed by atoms with Crippen LogP contribution in [0, 0.1) is 11.3 Å². The van der Waals surface area contributed by atoms with Crippen molar-refractivity contribution < 1.29 is 14.7 Å². The van der Waals surface area contributed by atoms with E-state index in [2.05, 4.69) is 12.2 Å². The summed E-state index contributed by atoms with van der Waals surface area (Å²) in [6.07, 6.45) is 1.90. The first-order valence-electron chi connectivity index (χ1n) is 13.3. The predicted molar refractivity (Wildman–Crippen MR) is 151 cm³/mol. The predicted octanol–water partition coefficient (Wildman–Crippen LogP) is 6.62. The summed E-state index contributed by atoms with van der Waals surface area (Å²) in [6, 6.07) is 11.3. The summed E-state index contributed by atoms with van der Waals surface area (Å²) in [5, 5.41) is 23.0. The highest BCUT2D eigenvalue weighted by Gasteiger charge is 2.40. The lowest BCUT2D eigenvalue weighted by Gasteiger charge is -2.28. The number of aromatic hydroxyl groups is 1. The molecule has 37 heavy (non-hydrogen) atoms. The van der Waals surface area contributed by atoms with Gasteiger partial charge in [0.2, 0.25) is 5.91 Å². The van der Waals surface area contributed by atoms with Crippen molar-refractivity contribution in [1.82, 2.24) is 4.90 Å². The van der Waals surface area contributed by atoms with E-state index < -0.39 is 0 Å². The monoisotopic (exact) mass is 505 g/mol. The van der Waals surface area contributed by atoms with Gasteiger partial charge in [0, 0.05) is 41.8 Å². The van der Waals surface area contributed by atoms with Crippen molar-refractivity contribution in [3.05, 3.63) is 58.7 Å². The maximum absolute atomic E-state index is 13.7. The molecule has 0 bridgehead atoms. The van der Waals surface area contributed by atoms with Gasteiger partial charge in [0.1, 0.15) is 11.6 Å². The number of rotatable bonds is 7. The van der Waals surface area contributed by atoms with E-state index in [1.54, 1.807) is 0 Å². The number of hydrogen-bond donors (Lipinski definition) is 3. The highest BCUT2D eigenvalue weighted by atomic mass is 16.3. The van der Waals surface area contributed by atoms with Crippen LogP contribution in [0.25, 0.3) is 0 Å². The van der Waals surface area contributed by atoms with Crippen LogP contribution in [0.5, 0.6) is 5.75 Å². The summed E-state index contributed by atoms with van der Waals surface area (Å²) >= 11 is 0. The molecule has 3 N–H and O–H groups in total. The lowest BCUT2D eigenvalue weighted by atomic mass is 9.78. The molecule has 1 aliphatic heterocycles. The zero-order valence-electron chi connectivity index (χ0n) is 23.7. The van der Waals surface area contributed by atoms with Crippen LogP contribution in [0.2, 0.25) is 0 Å². The van der Waals surface area contributed by atoms with Gasteiger partial charge >= 0.3 is 0 Å². The summed E-state index contributed by atoms with van der Waals surface area (Å²) in [5.41, 5.74) is 3.07. The third-order valence-electron chi connectivity index (χ3n) is 7.21. The molecule has 0 unspecified atom stereocenters. The second-order valence-electron chi connectivity index (χ2n) is 12.4. The van der Waals surface area contributed by atoms with E-state index in [9.17, 15) is 14.7 Å². The Kier molecular flexibility index (Phi) is 8.21. The van der Waals surface area contributed by atoms with Crippen molar-refractivity contribution >= 4 is 23.2 Å². The first-order chi connectivity index (χ1) is 17.1. The Hall–Kier alpha value is -3.15. The van der Waals surface area contributed by atoms with Gasteiger partial charge in [-0.3, -0.25) is 15.0 Å². The molecule has 0 aliphatic carbocycles. The number of para-hydroxylation sites is 1. The Morgan fingerprint density at radius 3 is 2.14 bits per heavy atom. The third kappa shape index (κ3) is 6.23. The van der Waals surface area contributed by atoms with Crippen molar-refractivity contribution in [3.8, 4) is 5.75 Å². The van der Waals surface area contributed by atoms with Gasteiger partial charge in [0.05, 0.1) is 6.54 Å². The minimum absolute atomic E-state index is 0.0632. The molecule has 0 aromatic heterocycles. The average molecular weight is 506 g/mol. The van der Waals surface area contributed by atoms with Crippen molar-refractivity contribution in [2.45, 2.75) is 85.0 Å². The van der Waals surface area contributed by atoms with Gasteiger partial charge in [-0.2, -0.15) is 0 Å². The van der Waals surface area contributed by atoms with Crippen LogP contribution in [0.1, 0.15) is 101 Å². The van der Waals surface area contributed by atoms with E-state index >= 15 is 0 Å². The van der Waals surface area contributed by atoms with Gasteiger partial charge in [0.25, 0.3) is 0 Å². The van der Waals surface area contributed by atoms with Crippen molar-refractivity contribution in [2.75, 3.05) is 18.4 Å². The Bertz CT molecular complexity index is 1150. The van der Waals surface area contributed by atoms with Gasteiger partial charge in [0.15, 0.2) is 5.78 Å². The first kappa shape index (κ1) is 28.4. The van der Waals surface area contributed by atoms with E-state index in [-0.39, 0.29) is 46.7 Å². The number of ketones is 1. The van der Waals surface area contributed by atoms with Crippen LogP contribution in [-0.4, -0.2) is 40.6 Å². The highest BCUT2D eigenvalue weighted by Crippen LogP contribution is 2.42. The van der Waals surface area contributed by atoms with Crippen molar-refractivity contribution in [3.63, 3.8) is 0 Å². The average Bonchev–Trinajstić information content (AvgIpc) is 3.07. The molecular formula is C31H43N3O3. The standard InChI is InChI=1S/C31H43N3O3/c1-9-12-20-17-34(29(32)27(20)22-13-10-11-14-25(22)33-19(2)35)18-26(36)21-15-23(30(3,4)5)28(37)24(16-21)31(6,7)8/h10-11,13-16,20,27,32,37H,9,12,17-18H2,1-8H3,(H,33,35)/t20-,27-/m0/s1. The number of amides is 1. The smallest absolute Gasteiger partial charge is 0.221 e. The first-order valence-corrected chi connectivity index (χ1v) is 13.3. The van der Waals surface area contributed by atoms with Gasteiger partial charge in [-0.1, -0.05) is 73.1 Å². The number of amidine groups is 1. The number of nitrogens with one attached hydrogen (secondary N) is 2. The van der Waals surface area contributed by atoms with Gasteiger partial charge in [-0.05, 0) is 46.9 Å². The molecule has 1 aliphatic rings. The molecule has 1 fully saturated rings. The zero-order valence-corrected chi connectivity index (χ0v) is 23.7. The molecule has 6 nitrogen and oxygen atoms in total. The number of phenols is 1. The van der Waals surface area contributed by atoms with Crippen LogP contribution >= 0.6 is 0 Å². The Morgan fingerprint density at radius 2 is 1.62 bits per heavy atom. The molecular weight excluding hydrogens is 462 g/mol. The van der Waals surface area contributed by atoms with Gasteiger partial charge in [-0.25, -0.2) is 0 Å². The number of Topliss-reactive ketones (excluding diaryl/α,β-unsaturated/α-hetero) is 1. The van der Waals surface area contributed by atoms with Crippen LogP contribution in [0.4, 0.5) is 5.69 Å². The molecule has 2 aromatic carbocycles. The molecule has 1 heterocycles. The number of benzene rings is 2. The zero-order chi connectivity index (χ0) is 27.7. The Labute approximate surface area is 222 Å².